The van der Waals surface area contributed by atoms with Crippen molar-refractivity contribution in [2.24, 2.45) is 5.41 Å². The van der Waals surface area contributed by atoms with Gasteiger partial charge >= 0.3 is 5.97 Å². The molecule has 1 unspecified atom stereocenters. The van der Waals surface area contributed by atoms with Gasteiger partial charge in [0.05, 0.1) is 5.41 Å². The van der Waals surface area contributed by atoms with Crippen LogP contribution in [0.25, 0.3) is 0 Å². The van der Waals surface area contributed by atoms with Gasteiger partial charge in [-0.05, 0) is 20.3 Å². The Kier molecular flexibility index (Phi) is 3.82. The summed E-state index contributed by atoms with van der Waals surface area (Å²) in [5.41, 5.74) is -0.971. The molecule has 0 aromatic carbocycles. The second-order valence-corrected chi connectivity index (χ2v) is 4.15. The molecule has 0 saturated carbocycles. The average molecular weight is 240 g/mol. The minimum atomic E-state index is -0.971. The number of aryl methyl sites for hydroxylation is 1. The van der Waals surface area contributed by atoms with Crippen LogP contribution in [-0.4, -0.2) is 38.7 Å². The number of carboxylic acid groups (broad SMARTS) is 1. The zero-order chi connectivity index (χ0) is 13.1. The monoisotopic (exact) mass is 240 g/mol. The maximum atomic E-state index is 11.6. The molecular weight excluding hydrogens is 224 g/mol. The molecule has 0 spiro atoms. The Balaban J connectivity index is 2.62. The smallest absolute Gasteiger partial charge is 0.311 e. The predicted octanol–water partition coefficient (Wildman–Crippen LogP) is 0.344. The van der Waals surface area contributed by atoms with Gasteiger partial charge in [0.15, 0.2) is 0 Å². The summed E-state index contributed by atoms with van der Waals surface area (Å²) in [5, 5.41) is 17.8. The molecule has 3 N–H and O–H groups in total. The SMILES string of the molecule is CCC(C)(CNC(=O)c1n[nH]c(C)n1)C(=O)O. The molecule has 7 nitrogen and oxygen atoms in total. The van der Waals surface area contributed by atoms with Crippen molar-refractivity contribution in [2.45, 2.75) is 27.2 Å². The molecule has 1 atom stereocenters. The van der Waals surface area contributed by atoms with E-state index in [-0.39, 0.29) is 12.4 Å². The Bertz CT molecular complexity index is 429. The molecule has 1 heterocycles. The third-order valence-corrected chi connectivity index (χ3v) is 2.74. The van der Waals surface area contributed by atoms with Crippen LogP contribution in [0.4, 0.5) is 0 Å². The van der Waals surface area contributed by atoms with Crippen molar-refractivity contribution < 1.29 is 14.7 Å². The van der Waals surface area contributed by atoms with Gasteiger partial charge in [0, 0.05) is 6.54 Å². The quantitative estimate of drug-likeness (QED) is 0.688. The molecule has 1 amide bonds. The first-order valence-corrected chi connectivity index (χ1v) is 5.29. The zero-order valence-electron chi connectivity index (χ0n) is 10.1. The molecule has 7 heteroatoms. The van der Waals surface area contributed by atoms with Crippen LogP contribution >= 0.6 is 0 Å². The summed E-state index contributed by atoms with van der Waals surface area (Å²) < 4.78 is 0. The van der Waals surface area contributed by atoms with Gasteiger partial charge in [0.25, 0.3) is 5.91 Å². The van der Waals surface area contributed by atoms with Crippen molar-refractivity contribution in [2.75, 3.05) is 6.54 Å². The van der Waals surface area contributed by atoms with Crippen molar-refractivity contribution >= 4 is 11.9 Å². The summed E-state index contributed by atoms with van der Waals surface area (Å²) in [4.78, 5) is 26.5. The number of nitrogens with one attached hydrogen (secondary N) is 2. The van der Waals surface area contributed by atoms with Gasteiger partial charge < -0.3 is 10.4 Å². The first-order chi connectivity index (χ1) is 7.89. The molecule has 0 aliphatic rings. The predicted molar refractivity (Wildman–Crippen MR) is 59.5 cm³/mol. The van der Waals surface area contributed by atoms with E-state index in [1.165, 1.54) is 0 Å². The van der Waals surface area contributed by atoms with Crippen LogP contribution in [0.1, 0.15) is 36.7 Å². The van der Waals surface area contributed by atoms with E-state index in [4.69, 9.17) is 5.11 Å². The number of aromatic nitrogens is 3. The topological polar surface area (TPSA) is 108 Å². The van der Waals surface area contributed by atoms with Crippen LogP contribution in [0.3, 0.4) is 0 Å². The van der Waals surface area contributed by atoms with Crippen molar-refractivity contribution in [3.8, 4) is 0 Å². The third-order valence-electron chi connectivity index (χ3n) is 2.74. The van der Waals surface area contributed by atoms with Crippen LogP contribution in [0.5, 0.6) is 0 Å². The number of aromatic amines is 1. The zero-order valence-corrected chi connectivity index (χ0v) is 10.1. The van der Waals surface area contributed by atoms with Gasteiger partial charge in [-0.1, -0.05) is 6.92 Å². The van der Waals surface area contributed by atoms with Crippen LogP contribution in [0.15, 0.2) is 0 Å². The number of hydrogen-bond donors (Lipinski definition) is 3. The number of hydrogen-bond acceptors (Lipinski definition) is 4. The van der Waals surface area contributed by atoms with Gasteiger partial charge in [0.2, 0.25) is 5.82 Å². The highest BCUT2D eigenvalue weighted by Gasteiger charge is 2.31. The standard InChI is InChI=1S/C10H16N4O3/c1-4-10(3,9(16)17)5-11-8(15)7-12-6(2)13-14-7/h4-5H2,1-3H3,(H,11,15)(H,16,17)(H,12,13,14). The van der Waals surface area contributed by atoms with Crippen LogP contribution in [0, 0.1) is 12.3 Å². The summed E-state index contributed by atoms with van der Waals surface area (Å²) in [6, 6.07) is 0. The Labute approximate surface area is 98.6 Å². The highest BCUT2D eigenvalue weighted by Crippen LogP contribution is 2.19. The number of aliphatic carboxylic acids is 1. The highest BCUT2D eigenvalue weighted by atomic mass is 16.4. The van der Waals surface area contributed by atoms with Crippen molar-refractivity contribution in [3.63, 3.8) is 0 Å². The summed E-state index contributed by atoms with van der Waals surface area (Å²) >= 11 is 0. The van der Waals surface area contributed by atoms with Gasteiger partial charge in [-0.2, -0.15) is 0 Å². The minimum absolute atomic E-state index is 0.0198. The number of amides is 1. The summed E-state index contributed by atoms with van der Waals surface area (Å²) in [6.45, 7) is 5.07. The number of carbonyl (C=O) groups is 2. The highest BCUT2D eigenvalue weighted by molar-refractivity contribution is 5.90. The molecule has 0 aliphatic heterocycles. The average Bonchev–Trinajstić information content (AvgIpc) is 2.72. The van der Waals surface area contributed by atoms with E-state index in [0.717, 1.165) is 0 Å². The lowest BCUT2D eigenvalue weighted by atomic mass is 9.88. The summed E-state index contributed by atoms with van der Waals surface area (Å²) in [7, 11) is 0. The number of H-pyrrole nitrogens is 1. The van der Waals surface area contributed by atoms with Gasteiger partial charge in [-0.25, -0.2) is 4.98 Å². The van der Waals surface area contributed by atoms with E-state index >= 15 is 0 Å². The molecule has 94 valence electrons. The molecular formula is C10H16N4O3. The van der Waals surface area contributed by atoms with E-state index in [0.29, 0.717) is 12.2 Å². The Morgan fingerprint density at radius 1 is 1.53 bits per heavy atom. The van der Waals surface area contributed by atoms with Gasteiger partial charge in [0.1, 0.15) is 5.82 Å². The molecule has 1 aromatic heterocycles. The molecule has 1 aromatic rings. The molecule has 0 bridgehead atoms. The Morgan fingerprint density at radius 3 is 2.59 bits per heavy atom. The first kappa shape index (κ1) is 13.1. The second kappa shape index (κ2) is 4.94. The largest absolute Gasteiger partial charge is 0.481 e. The fourth-order valence-corrected chi connectivity index (χ4v) is 1.15. The number of rotatable bonds is 5. The number of carbonyl (C=O) groups excluding carboxylic acids is 1. The van der Waals surface area contributed by atoms with E-state index in [1.807, 2.05) is 0 Å². The van der Waals surface area contributed by atoms with Crippen LogP contribution in [-0.2, 0) is 4.79 Å². The number of nitrogens with zero attached hydrogens (tertiary/aromatic N) is 2. The lowest BCUT2D eigenvalue weighted by Crippen LogP contribution is -2.40. The van der Waals surface area contributed by atoms with E-state index in [1.54, 1.807) is 20.8 Å². The first-order valence-electron chi connectivity index (χ1n) is 5.29. The lowest BCUT2D eigenvalue weighted by molar-refractivity contribution is -0.147. The van der Waals surface area contributed by atoms with E-state index < -0.39 is 17.3 Å². The van der Waals surface area contributed by atoms with Crippen molar-refractivity contribution in [1.82, 2.24) is 20.5 Å². The lowest BCUT2D eigenvalue weighted by Gasteiger charge is -2.22. The Hall–Kier alpha value is -1.92. The fraction of sp³-hybridized carbons (Fsp3) is 0.600. The van der Waals surface area contributed by atoms with Crippen LogP contribution in [0.2, 0.25) is 0 Å². The normalized spacial score (nSPS) is 14.1. The molecule has 0 aliphatic carbocycles. The number of carboxylic acids is 1. The van der Waals surface area contributed by atoms with Gasteiger partial charge in [-0.3, -0.25) is 14.7 Å². The summed E-state index contributed by atoms with van der Waals surface area (Å²) in [5.74, 6) is -0.861. The molecule has 0 radical (unpaired) electrons. The minimum Gasteiger partial charge on any atom is -0.481 e. The van der Waals surface area contributed by atoms with E-state index in [9.17, 15) is 9.59 Å². The maximum absolute atomic E-state index is 11.6. The molecule has 17 heavy (non-hydrogen) atoms. The maximum Gasteiger partial charge on any atom is 0.311 e. The summed E-state index contributed by atoms with van der Waals surface area (Å²) in [6.07, 6.45) is 0.426. The second-order valence-electron chi connectivity index (χ2n) is 4.15. The van der Waals surface area contributed by atoms with Gasteiger partial charge in [-0.15, -0.1) is 5.10 Å². The van der Waals surface area contributed by atoms with Crippen molar-refractivity contribution in [1.29, 1.82) is 0 Å². The molecule has 0 saturated heterocycles. The van der Waals surface area contributed by atoms with Crippen molar-refractivity contribution in [3.05, 3.63) is 11.6 Å². The van der Waals surface area contributed by atoms with E-state index in [2.05, 4.69) is 20.5 Å². The molecule has 0 fully saturated rings. The molecule has 1 rings (SSSR count). The third kappa shape index (κ3) is 3.02. The fourth-order valence-electron chi connectivity index (χ4n) is 1.15. The Morgan fingerprint density at radius 2 is 2.18 bits per heavy atom. The van der Waals surface area contributed by atoms with Crippen LogP contribution < -0.4 is 5.32 Å².